The van der Waals surface area contributed by atoms with E-state index in [9.17, 15) is 9.59 Å². The molecule has 0 radical (unpaired) electrons. The predicted molar refractivity (Wildman–Crippen MR) is 94.1 cm³/mol. The van der Waals surface area contributed by atoms with E-state index in [2.05, 4.69) is 10.6 Å². The summed E-state index contributed by atoms with van der Waals surface area (Å²) >= 11 is 5.05. The Morgan fingerprint density at radius 3 is 2.33 bits per heavy atom. The molecule has 0 aliphatic carbocycles. The second-order valence-corrected chi connectivity index (χ2v) is 5.28. The lowest BCUT2D eigenvalue weighted by atomic mass is 10.1. The number of thiocarbonyl (C=S) groups is 1. The summed E-state index contributed by atoms with van der Waals surface area (Å²) in [6.07, 6.45) is -0.0434. The quantitative estimate of drug-likeness (QED) is 0.697. The average Bonchev–Trinajstić information content (AvgIpc) is 2.55. The fraction of sp³-hybridized carbons (Fsp3) is 0.118. The van der Waals surface area contributed by atoms with Crippen molar-refractivity contribution in [1.29, 1.82) is 0 Å². The number of rotatable bonds is 6. The lowest BCUT2D eigenvalue weighted by molar-refractivity contribution is -0.136. The number of hydrogen-bond acceptors (Lipinski definition) is 4. The van der Waals surface area contributed by atoms with Crippen LogP contribution >= 0.6 is 12.2 Å². The number of hydrogen-bond donors (Lipinski definition) is 3. The lowest BCUT2D eigenvalue weighted by Crippen LogP contribution is -2.37. The lowest BCUT2D eigenvalue weighted by Gasteiger charge is -2.10. The highest BCUT2D eigenvalue weighted by molar-refractivity contribution is 7.80. The molecule has 0 atom stereocenters. The highest BCUT2D eigenvalue weighted by Crippen LogP contribution is 2.10. The summed E-state index contributed by atoms with van der Waals surface area (Å²) in [5.74, 6) is -0.670. The zero-order chi connectivity index (χ0) is 17.4. The number of carbonyl (C=O) groups is 2. The molecule has 0 fully saturated rings. The largest absolute Gasteiger partial charge is 0.484 e. The summed E-state index contributed by atoms with van der Waals surface area (Å²) in [5, 5.41) is 14.2. The highest BCUT2D eigenvalue weighted by Gasteiger charge is 2.06. The van der Waals surface area contributed by atoms with Gasteiger partial charge in [-0.1, -0.05) is 30.3 Å². The van der Waals surface area contributed by atoms with Crippen molar-refractivity contribution in [2.75, 3.05) is 11.9 Å². The van der Waals surface area contributed by atoms with E-state index in [0.717, 1.165) is 0 Å². The molecule has 0 spiro atoms. The monoisotopic (exact) mass is 344 g/mol. The smallest absolute Gasteiger partial charge is 0.307 e. The molecule has 0 unspecified atom stereocenters. The van der Waals surface area contributed by atoms with E-state index >= 15 is 0 Å². The van der Waals surface area contributed by atoms with Crippen LogP contribution in [-0.2, 0) is 16.0 Å². The zero-order valence-corrected chi connectivity index (χ0v) is 13.5. The van der Waals surface area contributed by atoms with Crippen LogP contribution < -0.4 is 15.4 Å². The Balaban J connectivity index is 1.77. The third-order valence-electron chi connectivity index (χ3n) is 2.93. The van der Waals surface area contributed by atoms with Crippen LogP contribution in [-0.4, -0.2) is 28.7 Å². The molecule has 2 aromatic rings. The summed E-state index contributed by atoms with van der Waals surface area (Å²) < 4.78 is 5.32. The predicted octanol–water partition coefficient (Wildman–Crippen LogP) is 2.21. The molecule has 1 amide bonds. The van der Waals surface area contributed by atoms with Crippen molar-refractivity contribution in [2.45, 2.75) is 6.42 Å². The van der Waals surface area contributed by atoms with Gasteiger partial charge < -0.3 is 15.2 Å². The molecule has 0 saturated heterocycles. The van der Waals surface area contributed by atoms with Crippen LogP contribution in [0, 0.1) is 0 Å². The molecule has 2 aromatic carbocycles. The van der Waals surface area contributed by atoms with Gasteiger partial charge in [-0.3, -0.25) is 14.9 Å². The van der Waals surface area contributed by atoms with Crippen LogP contribution in [0.25, 0.3) is 0 Å². The van der Waals surface area contributed by atoms with Gasteiger partial charge in [0.1, 0.15) is 5.75 Å². The molecule has 7 heteroatoms. The van der Waals surface area contributed by atoms with Crippen LogP contribution in [0.5, 0.6) is 5.75 Å². The Morgan fingerprint density at radius 1 is 1.04 bits per heavy atom. The van der Waals surface area contributed by atoms with E-state index in [-0.39, 0.29) is 24.0 Å². The maximum Gasteiger partial charge on any atom is 0.307 e. The normalized spacial score (nSPS) is 9.83. The molecule has 0 aliphatic heterocycles. The molecule has 0 heterocycles. The first-order chi connectivity index (χ1) is 11.5. The van der Waals surface area contributed by atoms with Crippen LogP contribution in [0.2, 0.25) is 0 Å². The summed E-state index contributed by atoms with van der Waals surface area (Å²) in [4.78, 5) is 22.4. The standard InChI is InChI=1S/C17H16N2O4S/c20-15(11-23-14-4-2-1-3-5-14)19-17(24)18-13-8-6-12(7-9-13)10-16(21)22/h1-9H,10-11H2,(H,21,22)(H2,18,19,20,24). The Bertz CT molecular complexity index is 717. The first-order valence-electron chi connectivity index (χ1n) is 7.12. The number of ether oxygens (including phenoxy) is 1. The summed E-state index contributed by atoms with van der Waals surface area (Å²) in [7, 11) is 0. The van der Waals surface area contributed by atoms with Crippen molar-refractivity contribution in [3.8, 4) is 5.75 Å². The summed E-state index contributed by atoms with van der Waals surface area (Å²) in [6, 6.07) is 15.7. The molecule has 0 aromatic heterocycles. The van der Waals surface area contributed by atoms with Gasteiger partial charge in [-0.15, -0.1) is 0 Å². The van der Waals surface area contributed by atoms with Gasteiger partial charge in [-0.05, 0) is 42.0 Å². The number of para-hydroxylation sites is 1. The van der Waals surface area contributed by atoms with Crippen LogP contribution in [0.15, 0.2) is 54.6 Å². The Labute approximate surface area is 144 Å². The molecular formula is C17H16N2O4S. The molecule has 124 valence electrons. The van der Waals surface area contributed by atoms with E-state index in [4.69, 9.17) is 22.1 Å². The molecule has 0 saturated carbocycles. The molecule has 6 nitrogen and oxygen atoms in total. The van der Waals surface area contributed by atoms with Gasteiger partial charge in [0.25, 0.3) is 5.91 Å². The van der Waals surface area contributed by atoms with E-state index in [1.807, 2.05) is 18.2 Å². The van der Waals surface area contributed by atoms with Crippen molar-refractivity contribution >= 4 is 34.9 Å². The highest BCUT2D eigenvalue weighted by atomic mass is 32.1. The summed E-state index contributed by atoms with van der Waals surface area (Å²) in [5.41, 5.74) is 1.33. The van der Waals surface area contributed by atoms with Crippen molar-refractivity contribution in [3.05, 3.63) is 60.2 Å². The number of benzene rings is 2. The van der Waals surface area contributed by atoms with Gasteiger partial charge in [0, 0.05) is 5.69 Å². The van der Waals surface area contributed by atoms with Crippen molar-refractivity contribution < 1.29 is 19.4 Å². The minimum absolute atomic E-state index is 0.0434. The number of anilines is 1. The molecule has 24 heavy (non-hydrogen) atoms. The van der Waals surface area contributed by atoms with Crippen LogP contribution in [0.3, 0.4) is 0 Å². The summed E-state index contributed by atoms with van der Waals surface area (Å²) in [6.45, 7) is -0.149. The number of nitrogens with one attached hydrogen (secondary N) is 2. The SMILES string of the molecule is O=C(O)Cc1ccc(NC(=S)NC(=O)COc2ccccc2)cc1. The van der Waals surface area contributed by atoms with Crippen molar-refractivity contribution in [3.63, 3.8) is 0 Å². The maximum absolute atomic E-state index is 11.8. The van der Waals surface area contributed by atoms with Crippen molar-refractivity contribution in [2.24, 2.45) is 0 Å². The molecule has 0 aliphatic rings. The molecule has 0 bridgehead atoms. The first-order valence-corrected chi connectivity index (χ1v) is 7.53. The number of aliphatic carboxylic acids is 1. The van der Waals surface area contributed by atoms with Gasteiger partial charge in [-0.2, -0.15) is 0 Å². The van der Waals surface area contributed by atoms with Gasteiger partial charge >= 0.3 is 5.97 Å². The Morgan fingerprint density at radius 2 is 1.71 bits per heavy atom. The average molecular weight is 344 g/mol. The zero-order valence-electron chi connectivity index (χ0n) is 12.7. The van der Waals surface area contributed by atoms with Crippen molar-refractivity contribution in [1.82, 2.24) is 5.32 Å². The van der Waals surface area contributed by atoms with E-state index in [0.29, 0.717) is 17.0 Å². The van der Waals surface area contributed by atoms with E-state index < -0.39 is 5.97 Å². The molecular weight excluding hydrogens is 328 g/mol. The van der Waals surface area contributed by atoms with Gasteiger partial charge in [0.15, 0.2) is 11.7 Å². The van der Waals surface area contributed by atoms with Gasteiger partial charge in [0.05, 0.1) is 6.42 Å². The number of carbonyl (C=O) groups excluding carboxylic acids is 1. The minimum Gasteiger partial charge on any atom is -0.484 e. The van der Waals surface area contributed by atoms with Crippen LogP contribution in [0.4, 0.5) is 5.69 Å². The van der Waals surface area contributed by atoms with E-state index in [1.165, 1.54) is 0 Å². The van der Waals surface area contributed by atoms with E-state index in [1.54, 1.807) is 36.4 Å². The minimum atomic E-state index is -0.892. The third-order valence-corrected chi connectivity index (χ3v) is 3.14. The number of carboxylic acids is 1. The number of amides is 1. The molecule has 2 rings (SSSR count). The molecule has 3 N–H and O–H groups in total. The fourth-order valence-electron chi connectivity index (χ4n) is 1.87. The first kappa shape index (κ1) is 17.4. The second kappa shape index (κ2) is 8.64. The Hall–Kier alpha value is -2.93. The number of carboxylic acid groups (broad SMARTS) is 1. The fourth-order valence-corrected chi connectivity index (χ4v) is 2.10. The third kappa shape index (κ3) is 6.05. The van der Waals surface area contributed by atoms with Gasteiger partial charge in [0.2, 0.25) is 0 Å². The second-order valence-electron chi connectivity index (χ2n) is 4.87. The topological polar surface area (TPSA) is 87.7 Å². The Kier molecular flexibility index (Phi) is 6.27. The van der Waals surface area contributed by atoms with Gasteiger partial charge in [-0.25, -0.2) is 0 Å². The van der Waals surface area contributed by atoms with Crippen LogP contribution in [0.1, 0.15) is 5.56 Å². The maximum atomic E-state index is 11.8.